The Labute approximate surface area is 174 Å². The minimum atomic E-state index is -0.230. The van der Waals surface area contributed by atoms with Gasteiger partial charge in [-0.2, -0.15) is 0 Å². The van der Waals surface area contributed by atoms with Gasteiger partial charge in [0.15, 0.2) is 0 Å². The average Bonchev–Trinajstić information content (AvgIpc) is 3.49. The summed E-state index contributed by atoms with van der Waals surface area (Å²) in [4.78, 5) is 15.1. The Bertz CT molecular complexity index is 939. The van der Waals surface area contributed by atoms with Crippen LogP contribution in [0.2, 0.25) is 0 Å². The van der Waals surface area contributed by atoms with Crippen LogP contribution in [-0.4, -0.2) is 12.5 Å². The number of anilines is 1. The van der Waals surface area contributed by atoms with E-state index in [0.717, 1.165) is 28.6 Å². The highest BCUT2D eigenvalue weighted by atomic mass is 79.9. The highest BCUT2D eigenvalue weighted by molar-refractivity contribution is 9.10. The number of carbonyl (C=O) groups is 1. The summed E-state index contributed by atoms with van der Waals surface area (Å²) >= 11 is 3.63. The Hall–Kier alpha value is -2.59. The summed E-state index contributed by atoms with van der Waals surface area (Å²) in [5, 5.41) is 3.30. The van der Waals surface area contributed by atoms with E-state index in [9.17, 15) is 4.79 Å². The van der Waals surface area contributed by atoms with Crippen molar-refractivity contribution in [3.05, 3.63) is 101 Å². The highest BCUT2D eigenvalue weighted by Gasteiger charge is 2.46. The second kappa shape index (κ2) is 8.19. The van der Waals surface area contributed by atoms with Crippen LogP contribution in [0, 0.1) is 0 Å². The summed E-state index contributed by atoms with van der Waals surface area (Å²) < 4.78 is 1.05. The van der Waals surface area contributed by atoms with Crippen molar-refractivity contribution in [3.8, 4) is 0 Å². The molecule has 1 saturated carbocycles. The first kappa shape index (κ1) is 18.8. The molecule has 0 aromatic heterocycles. The molecule has 0 heterocycles. The second-order valence-corrected chi connectivity index (χ2v) is 8.14. The molecule has 142 valence electrons. The third-order valence-electron chi connectivity index (χ3n) is 5.19. The molecule has 0 radical (unpaired) electrons. The van der Waals surface area contributed by atoms with Crippen molar-refractivity contribution >= 4 is 27.5 Å². The molecule has 1 N–H and O–H groups in total. The number of benzene rings is 3. The number of amides is 1. The first-order valence-electron chi connectivity index (χ1n) is 9.56. The molecule has 4 heteroatoms. The summed E-state index contributed by atoms with van der Waals surface area (Å²) in [5.41, 5.74) is 3.17. The van der Waals surface area contributed by atoms with Crippen LogP contribution in [0.4, 0.5) is 5.69 Å². The zero-order valence-corrected chi connectivity index (χ0v) is 17.2. The largest absolute Gasteiger partial charge is 0.358 e. The second-order valence-electron chi connectivity index (χ2n) is 7.29. The Morgan fingerprint density at radius 1 is 0.893 bits per heavy atom. The number of para-hydroxylation sites is 1. The lowest BCUT2D eigenvalue weighted by Gasteiger charge is -2.26. The zero-order valence-electron chi connectivity index (χ0n) is 15.6. The molecule has 1 amide bonds. The van der Waals surface area contributed by atoms with E-state index in [1.165, 1.54) is 5.56 Å². The fraction of sp³-hybridized carbons (Fsp3) is 0.208. The maximum Gasteiger partial charge on any atom is 0.240 e. The molecule has 3 nitrogen and oxygen atoms in total. The fourth-order valence-corrected chi connectivity index (χ4v) is 4.26. The van der Waals surface area contributed by atoms with Gasteiger partial charge in [0.1, 0.15) is 0 Å². The van der Waals surface area contributed by atoms with Gasteiger partial charge in [-0.1, -0.05) is 82.7 Å². The quantitative estimate of drug-likeness (QED) is 0.549. The van der Waals surface area contributed by atoms with E-state index in [0.29, 0.717) is 13.1 Å². The van der Waals surface area contributed by atoms with Gasteiger partial charge in [-0.15, -0.1) is 0 Å². The first-order chi connectivity index (χ1) is 13.7. The van der Waals surface area contributed by atoms with Crippen molar-refractivity contribution in [2.75, 3.05) is 11.4 Å². The van der Waals surface area contributed by atoms with E-state index < -0.39 is 0 Å². The standard InChI is InChI=1S/C24H23BrN2O/c25-22-14-8-7-13-21(22)24(15-16-24)26-23(28)18-27(20-11-5-2-6-12-20)17-19-9-3-1-4-10-19/h1-14H,15-18H2,(H,26,28). The number of halogens is 1. The molecule has 3 aromatic carbocycles. The van der Waals surface area contributed by atoms with E-state index in [2.05, 4.69) is 56.5 Å². The molecule has 4 rings (SSSR count). The van der Waals surface area contributed by atoms with Crippen molar-refractivity contribution in [3.63, 3.8) is 0 Å². The van der Waals surface area contributed by atoms with Crippen LogP contribution in [0.1, 0.15) is 24.0 Å². The molecule has 0 unspecified atom stereocenters. The minimum Gasteiger partial charge on any atom is -0.358 e. The SMILES string of the molecule is O=C(CN(Cc1ccccc1)c1ccccc1)NC1(c2ccccc2Br)CC1. The van der Waals surface area contributed by atoms with Crippen LogP contribution in [0.5, 0.6) is 0 Å². The van der Waals surface area contributed by atoms with Crippen molar-refractivity contribution in [2.45, 2.75) is 24.9 Å². The zero-order chi connectivity index (χ0) is 19.4. The van der Waals surface area contributed by atoms with Gasteiger partial charge in [0.2, 0.25) is 5.91 Å². The van der Waals surface area contributed by atoms with Crippen molar-refractivity contribution < 1.29 is 4.79 Å². The highest BCUT2D eigenvalue weighted by Crippen LogP contribution is 2.47. The third-order valence-corrected chi connectivity index (χ3v) is 5.88. The number of rotatable bonds is 7. The fourth-order valence-electron chi connectivity index (χ4n) is 3.60. The number of hydrogen-bond donors (Lipinski definition) is 1. The van der Waals surface area contributed by atoms with Crippen LogP contribution in [-0.2, 0) is 16.9 Å². The van der Waals surface area contributed by atoms with Gasteiger partial charge in [0.25, 0.3) is 0 Å². The van der Waals surface area contributed by atoms with E-state index in [1.807, 2.05) is 54.6 Å². The topological polar surface area (TPSA) is 32.3 Å². The maximum atomic E-state index is 13.0. The van der Waals surface area contributed by atoms with E-state index >= 15 is 0 Å². The van der Waals surface area contributed by atoms with Gasteiger partial charge in [-0.3, -0.25) is 4.79 Å². The van der Waals surface area contributed by atoms with Crippen LogP contribution < -0.4 is 10.2 Å². The van der Waals surface area contributed by atoms with E-state index in [4.69, 9.17) is 0 Å². The molecule has 1 aliphatic rings. The average molecular weight is 435 g/mol. The Kier molecular flexibility index (Phi) is 5.49. The predicted octanol–water partition coefficient (Wildman–Crippen LogP) is 5.26. The normalized spacial score (nSPS) is 14.3. The molecule has 0 spiro atoms. The monoisotopic (exact) mass is 434 g/mol. The molecule has 0 saturated heterocycles. The van der Waals surface area contributed by atoms with E-state index in [1.54, 1.807) is 0 Å². The van der Waals surface area contributed by atoms with Crippen LogP contribution in [0.25, 0.3) is 0 Å². The summed E-state index contributed by atoms with van der Waals surface area (Å²) in [6, 6.07) is 28.5. The lowest BCUT2D eigenvalue weighted by Crippen LogP contribution is -2.42. The summed E-state index contributed by atoms with van der Waals surface area (Å²) in [5.74, 6) is 0.0491. The Morgan fingerprint density at radius 3 is 2.14 bits per heavy atom. The smallest absolute Gasteiger partial charge is 0.240 e. The third kappa shape index (κ3) is 4.28. The molecule has 0 aliphatic heterocycles. The van der Waals surface area contributed by atoms with Gasteiger partial charge in [0.05, 0.1) is 12.1 Å². The van der Waals surface area contributed by atoms with Crippen molar-refractivity contribution in [2.24, 2.45) is 0 Å². The van der Waals surface area contributed by atoms with E-state index in [-0.39, 0.29) is 11.4 Å². The number of nitrogens with zero attached hydrogens (tertiary/aromatic N) is 1. The molecule has 1 aliphatic carbocycles. The molecule has 0 bridgehead atoms. The van der Waals surface area contributed by atoms with Crippen LogP contribution in [0.3, 0.4) is 0 Å². The summed E-state index contributed by atoms with van der Waals surface area (Å²) in [7, 11) is 0. The predicted molar refractivity (Wildman–Crippen MR) is 117 cm³/mol. The van der Waals surface area contributed by atoms with Crippen molar-refractivity contribution in [1.29, 1.82) is 0 Å². The van der Waals surface area contributed by atoms with Crippen molar-refractivity contribution in [1.82, 2.24) is 5.32 Å². The molecule has 3 aromatic rings. The molecular weight excluding hydrogens is 412 g/mol. The Balaban J connectivity index is 1.50. The van der Waals surface area contributed by atoms with Gasteiger partial charge in [-0.25, -0.2) is 0 Å². The minimum absolute atomic E-state index is 0.0491. The lowest BCUT2D eigenvalue weighted by atomic mass is 10.0. The number of carbonyl (C=O) groups excluding carboxylic acids is 1. The first-order valence-corrected chi connectivity index (χ1v) is 10.4. The summed E-state index contributed by atoms with van der Waals surface area (Å²) in [6.07, 6.45) is 1.96. The maximum absolute atomic E-state index is 13.0. The summed E-state index contributed by atoms with van der Waals surface area (Å²) in [6.45, 7) is 1.02. The lowest BCUT2D eigenvalue weighted by molar-refractivity contribution is -0.120. The molecular formula is C24H23BrN2O. The van der Waals surface area contributed by atoms with Crippen LogP contribution in [0.15, 0.2) is 89.4 Å². The molecule has 1 fully saturated rings. The van der Waals surface area contributed by atoms with Gasteiger partial charge >= 0.3 is 0 Å². The number of hydrogen-bond acceptors (Lipinski definition) is 2. The van der Waals surface area contributed by atoms with Gasteiger partial charge in [-0.05, 0) is 42.2 Å². The van der Waals surface area contributed by atoms with Gasteiger partial charge in [0, 0.05) is 16.7 Å². The molecule has 0 atom stereocenters. The van der Waals surface area contributed by atoms with Crippen LogP contribution >= 0.6 is 15.9 Å². The molecule has 28 heavy (non-hydrogen) atoms. The van der Waals surface area contributed by atoms with Gasteiger partial charge < -0.3 is 10.2 Å². The Morgan fingerprint density at radius 2 is 1.50 bits per heavy atom. The number of nitrogens with one attached hydrogen (secondary N) is 1.